The maximum absolute atomic E-state index is 11.6. The molecule has 1 amide bonds. The summed E-state index contributed by atoms with van der Waals surface area (Å²) in [5.74, 6) is 0.203. The first-order valence-corrected chi connectivity index (χ1v) is 10.2. The van der Waals surface area contributed by atoms with Crippen molar-refractivity contribution in [3.8, 4) is 5.75 Å². The summed E-state index contributed by atoms with van der Waals surface area (Å²) in [6.07, 6.45) is -0.678. The van der Waals surface area contributed by atoms with Gasteiger partial charge in [-0.05, 0) is 17.7 Å². The van der Waals surface area contributed by atoms with E-state index in [2.05, 4.69) is 15.3 Å². The Bertz CT molecular complexity index is 714. The molecule has 1 N–H and O–H groups in total. The smallest absolute Gasteiger partial charge is 0.410 e. The number of rotatable bonds is 20. The SMILES string of the molecule is [N-]=[N+]=NCCOCCOCCOCCOCCOCCNC(=O)Oc1ccc([N+](=O)[O-])cc1. The first-order valence-electron chi connectivity index (χ1n) is 10.2. The van der Waals surface area contributed by atoms with Gasteiger partial charge in [0.2, 0.25) is 0 Å². The number of nitro groups is 1. The Labute approximate surface area is 190 Å². The molecular formula is C19H29N5O9. The van der Waals surface area contributed by atoms with Gasteiger partial charge < -0.3 is 33.7 Å². The van der Waals surface area contributed by atoms with Crippen LogP contribution in [0.2, 0.25) is 0 Å². The van der Waals surface area contributed by atoms with Crippen molar-refractivity contribution in [2.75, 3.05) is 79.2 Å². The minimum atomic E-state index is -0.678. The number of benzene rings is 1. The third-order valence-corrected chi connectivity index (χ3v) is 3.66. The lowest BCUT2D eigenvalue weighted by Gasteiger charge is -2.08. The Morgan fingerprint density at radius 3 is 1.85 bits per heavy atom. The molecule has 1 rings (SSSR count). The molecule has 0 aliphatic heterocycles. The molecule has 1 aromatic rings. The van der Waals surface area contributed by atoms with Crippen LogP contribution in [0.4, 0.5) is 10.5 Å². The summed E-state index contributed by atoms with van der Waals surface area (Å²) < 4.78 is 31.5. The van der Waals surface area contributed by atoms with Gasteiger partial charge in [0.05, 0.1) is 71.0 Å². The molecule has 14 nitrogen and oxygen atoms in total. The molecule has 0 radical (unpaired) electrons. The summed E-state index contributed by atoms with van der Waals surface area (Å²) in [6, 6.07) is 5.19. The van der Waals surface area contributed by atoms with Crippen LogP contribution < -0.4 is 10.1 Å². The molecule has 0 aromatic heterocycles. The Morgan fingerprint density at radius 2 is 1.36 bits per heavy atom. The number of amides is 1. The first kappa shape index (κ1) is 28.0. The number of non-ortho nitro benzene ring substituents is 1. The van der Waals surface area contributed by atoms with E-state index in [1.807, 2.05) is 0 Å². The highest BCUT2D eigenvalue weighted by Gasteiger charge is 2.07. The van der Waals surface area contributed by atoms with Crippen molar-refractivity contribution in [2.24, 2.45) is 5.11 Å². The van der Waals surface area contributed by atoms with Gasteiger partial charge >= 0.3 is 6.09 Å². The quantitative estimate of drug-likeness (QED) is 0.0744. The number of hydrogen-bond donors (Lipinski definition) is 1. The molecule has 0 unspecified atom stereocenters. The second kappa shape index (κ2) is 19.7. The van der Waals surface area contributed by atoms with Crippen molar-refractivity contribution in [3.63, 3.8) is 0 Å². The van der Waals surface area contributed by atoms with Gasteiger partial charge in [-0.25, -0.2) is 4.79 Å². The summed E-state index contributed by atoms with van der Waals surface area (Å²) in [7, 11) is 0. The van der Waals surface area contributed by atoms with Gasteiger partial charge in [0, 0.05) is 30.1 Å². The van der Waals surface area contributed by atoms with Gasteiger partial charge in [0.1, 0.15) is 5.75 Å². The van der Waals surface area contributed by atoms with Crippen LogP contribution in [0.1, 0.15) is 0 Å². The van der Waals surface area contributed by atoms with Crippen LogP contribution in [0.5, 0.6) is 5.75 Å². The van der Waals surface area contributed by atoms with E-state index < -0.39 is 11.0 Å². The molecule has 0 fully saturated rings. The van der Waals surface area contributed by atoms with Crippen molar-refractivity contribution >= 4 is 11.8 Å². The number of nitrogens with one attached hydrogen (secondary N) is 1. The lowest BCUT2D eigenvalue weighted by molar-refractivity contribution is -0.384. The Kier molecular flexibility index (Phi) is 16.7. The highest BCUT2D eigenvalue weighted by Crippen LogP contribution is 2.17. The van der Waals surface area contributed by atoms with Gasteiger partial charge in [0.15, 0.2) is 0 Å². The van der Waals surface area contributed by atoms with E-state index >= 15 is 0 Å². The highest BCUT2D eigenvalue weighted by atomic mass is 16.6. The van der Waals surface area contributed by atoms with Gasteiger partial charge in [-0.1, -0.05) is 5.11 Å². The van der Waals surface area contributed by atoms with Crippen LogP contribution in [0.3, 0.4) is 0 Å². The average Bonchev–Trinajstić information content (AvgIpc) is 2.81. The maximum Gasteiger partial charge on any atom is 0.412 e. The van der Waals surface area contributed by atoms with E-state index in [0.29, 0.717) is 66.0 Å². The van der Waals surface area contributed by atoms with Crippen LogP contribution in [-0.4, -0.2) is 90.2 Å². The first-order chi connectivity index (χ1) is 16.1. The third kappa shape index (κ3) is 16.3. The molecule has 0 saturated heterocycles. The maximum atomic E-state index is 11.6. The zero-order chi connectivity index (χ0) is 24.0. The molecule has 0 heterocycles. The fourth-order valence-corrected chi connectivity index (χ4v) is 2.14. The minimum Gasteiger partial charge on any atom is -0.410 e. The predicted molar refractivity (Wildman–Crippen MR) is 115 cm³/mol. The Hall–Kier alpha value is -3.00. The van der Waals surface area contributed by atoms with E-state index in [-0.39, 0.29) is 24.6 Å². The monoisotopic (exact) mass is 471 g/mol. The summed E-state index contributed by atoms with van der Waals surface area (Å²) in [5.41, 5.74) is 8.01. The van der Waals surface area contributed by atoms with Gasteiger partial charge in [-0.3, -0.25) is 10.1 Å². The number of carbonyl (C=O) groups is 1. The normalized spacial score (nSPS) is 10.4. The van der Waals surface area contributed by atoms with Crippen LogP contribution in [-0.2, 0) is 23.7 Å². The van der Waals surface area contributed by atoms with Crippen molar-refractivity contribution < 1.29 is 38.1 Å². The Morgan fingerprint density at radius 1 is 0.879 bits per heavy atom. The fraction of sp³-hybridized carbons (Fsp3) is 0.632. The number of nitrogens with zero attached hydrogens (tertiary/aromatic N) is 4. The summed E-state index contributed by atoms with van der Waals surface area (Å²) in [4.78, 5) is 24.3. The van der Waals surface area contributed by atoms with E-state index in [1.54, 1.807) is 0 Å². The molecular weight excluding hydrogens is 442 g/mol. The van der Waals surface area contributed by atoms with Crippen molar-refractivity contribution in [2.45, 2.75) is 0 Å². The van der Waals surface area contributed by atoms with E-state index in [0.717, 1.165) is 0 Å². The van der Waals surface area contributed by atoms with E-state index in [1.165, 1.54) is 24.3 Å². The standard InChI is InChI=1S/C19H29N5O9/c20-23-22-6-8-29-10-12-31-14-16-32-15-13-30-11-9-28-7-5-21-19(25)33-18-3-1-17(2-4-18)24(26)27/h1-4H,5-16H2,(H,21,25). The fourth-order valence-electron chi connectivity index (χ4n) is 2.14. The lowest BCUT2D eigenvalue weighted by Crippen LogP contribution is -2.30. The van der Waals surface area contributed by atoms with Crippen molar-refractivity contribution in [1.82, 2.24) is 5.32 Å². The summed E-state index contributed by atoms with van der Waals surface area (Å²) in [5, 5.41) is 16.4. The molecule has 0 bridgehead atoms. The number of azide groups is 1. The number of carbonyl (C=O) groups excluding carboxylic acids is 1. The van der Waals surface area contributed by atoms with E-state index in [9.17, 15) is 14.9 Å². The molecule has 33 heavy (non-hydrogen) atoms. The van der Waals surface area contributed by atoms with Gasteiger partial charge in [-0.2, -0.15) is 0 Å². The topological polar surface area (TPSA) is 176 Å². The summed E-state index contributed by atoms with van der Waals surface area (Å²) >= 11 is 0. The van der Waals surface area contributed by atoms with Crippen molar-refractivity contribution in [3.05, 3.63) is 44.8 Å². The molecule has 0 saturated carbocycles. The van der Waals surface area contributed by atoms with E-state index in [4.69, 9.17) is 34.0 Å². The van der Waals surface area contributed by atoms with Crippen LogP contribution in [0.25, 0.3) is 10.4 Å². The molecule has 0 spiro atoms. The van der Waals surface area contributed by atoms with Gasteiger partial charge in [0.25, 0.3) is 5.69 Å². The third-order valence-electron chi connectivity index (χ3n) is 3.66. The highest BCUT2D eigenvalue weighted by molar-refractivity contribution is 5.70. The van der Waals surface area contributed by atoms with Gasteiger partial charge in [-0.15, -0.1) is 0 Å². The lowest BCUT2D eigenvalue weighted by atomic mass is 10.3. The summed E-state index contributed by atoms with van der Waals surface area (Å²) in [6.45, 7) is 4.58. The molecule has 0 atom stereocenters. The number of ether oxygens (including phenoxy) is 6. The molecule has 0 aliphatic rings. The Balaban J connectivity index is 1.82. The van der Waals surface area contributed by atoms with Crippen molar-refractivity contribution in [1.29, 1.82) is 0 Å². The van der Waals surface area contributed by atoms with Crippen LogP contribution in [0.15, 0.2) is 29.4 Å². The largest absolute Gasteiger partial charge is 0.412 e. The molecule has 184 valence electrons. The minimum absolute atomic E-state index is 0.0858. The van der Waals surface area contributed by atoms with Crippen LogP contribution >= 0.6 is 0 Å². The molecule has 1 aromatic carbocycles. The molecule has 0 aliphatic carbocycles. The number of hydrogen-bond acceptors (Lipinski definition) is 10. The zero-order valence-corrected chi connectivity index (χ0v) is 18.3. The van der Waals surface area contributed by atoms with Crippen LogP contribution in [0, 0.1) is 10.1 Å². The molecule has 14 heteroatoms. The average molecular weight is 471 g/mol. The second-order valence-electron chi connectivity index (χ2n) is 6.08. The number of nitro benzene ring substituents is 1. The second-order valence-corrected chi connectivity index (χ2v) is 6.08. The predicted octanol–water partition coefficient (Wildman–Crippen LogP) is 2.08. The zero-order valence-electron chi connectivity index (χ0n) is 18.3.